The van der Waals surface area contributed by atoms with Crippen LogP contribution in [0.5, 0.6) is 0 Å². The minimum Gasteiger partial charge on any atom is -0.368 e. The smallest absolute Gasteiger partial charge is 0.165 e. The van der Waals surface area contributed by atoms with Gasteiger partial charge in [-0.15, -0.1) is 0 Å². The van der Waals surface area contributed by atoms with E-state index in [-0.39, 0.29) is 0 Å². The molecule has 5 nitrogen and oxygen atoms in total. The van der Waals surface area contributed by atoms with Crippen LogP contribution in [0.2, 0.25) is 0 Å². The molecule has 1 aliphatic heterocycles. The van der Waals surface area contributed by atoms with Crippen molar-refractivity contribution in [1.82, 2.24) is 14.6 Å². The number of piperazine rings is 1. The topological polar surface area (TPSA) is 36.7 Å². The Morgan fingerprint density at radius 1 is 0.774 bits per heavy atom. The van der Waals surface area contributed by atoms with Gasteiger partial charge in [0.25, 0.3) is 0 Å². The Hall–Kier alpha value is -3.34. The van der Waals surface area contributed by atoms with Gasteiger partial charge in [-0.3, -0.25) is 0 Å². The second-order valence-corrected chi connectivity index (χ2v) is 8.59. The predicted molar refractivity (Wildman–Crippen MR) is 126 cm³/mol. The Labute approximate surface area is 182 Å². The summed E-state index contributed by atoms with van der Waals surface area (Å²) in [5.74, 6) is 1.27. The van der Waals surface area contributed by atoms with E-state index in [0.717, 1.165) is 50.4 Å². The molecule has 31 heavy (non-hydrogen) atoms. The Balaban J connectivity index is 1.42. The van der Waals surface area contributed by atoms with Gasteiger partial charge in [0.2, 0.25) is 0 Å². The average Bonchev–Trinajstić information content (AvgIpc) is 3.42. The fourth-order valence-electron chi connectivity index (χ4n) is 5.20. The molecule has 0 bridgehead atoms. The Morgan fingerprint density at radius 2 is 1.45 bits per heavy atom. The third-order valence-corrected chi connectivity index (χ3v) is 6.70. The van der Waals surface area contributed by atoms with E-state index in [4.69, 9.17) is 10.1 Å². The van der Waals surface area contributed by atoms with Crippen LogP contribution in [0.3, 0.4) is 0 Å². The molecule has 1 saturated heterocycles. The van der Waals surface area contributed by atoms with E-state index in [0.29, 0.717) is 0 Å². The number of benzene rings is 2. The summed E-state index contributed by atoms with van der Waals surface area (Å²) in [5.41, 5.74) is 8.40. The predicted octanol–water partition coefficient (Wildman–Crippen LogP) is 4.52. The van der Waals surface area contributed by atoms with Gasteiger partial charge in [-0.25, -0.2) is 4.98 Å². The highest BCUT2D eigenvalue weighted by Gasteiger charge is 2.28. The van der Waals surface area contributed by atoms with Crippen LogP contribution < -0.4 is 9.80 Å². The molecule has 0 radical (unpaired) electrons. The molecule has 1 aliphatic carbocycles. The van der Waals surface area contributed by atoms with Gasteiger partial charge in [0, 0.05) is 48.7 Å². The maximum absolute atomic E-state index is 5.13. The van der Waals surface area contributed by atoms with Crippen LogP contribution in [0.25, 0.3) is 16.8 Å². The molecule has 2 aromatic heterocycles. The molecule has 0 saturated carbocycles. The number of hydrogen-bond donors (Lipinski definition) is 0. The van der Waals surface area contributed by atoms with E-state index in [9.17, 15) is 0 Å². The molecule has 156 valence electrons. The maximum atomic E-state index is 5.13. The van der Waals surface area contributed by atoms with Crippen LogP contribution in [-0.2, 0) is 12.8 Å². The third-order valence-electron chi connectivity index (χ3n) is 6.70. The lowest BCUT2D eigenvalue weighted by molar-refractivity contribution is 0.635. The Morgan fingerprint density at radius 3 is 2.19 bits per heavy atom. The summed E-state index contributed by atoms with van der Waals surface area (Å²) in [4.78, 5) is 10.2. The zero-order valence-electron chi connectivity index (χ0n) is 18.0. The first-order valence-electron chi connectivity index (χ1n) is 11.3. The second-order valence-electron chi connectivity index (χ2n) is 8.59. The number of anilines is 2. The van der Waals surface area contributed by atoms with Crippen molar-refractivity contribution in [3.63, 3.8) is 0 Å². The van der Waals surface area contributed by atoms with Gasteiger partial charge < -0.3 is 9.80 Å². The Bertz CT molecular complexity index is 1220. The third kappa shape index (κ3) is 3.07. The van der Waals surface area contributed by atoms with Crippen molar-refractivity contribution in [2.75, 3.05) is 36.0 Å². The molecule has 0 atom stereocenters. The van der Waals surface area contributed by atoms with Crippen LogP contribution in [0.15, 0.2) is 60.7 Å². The van der Waals surface area contributed by atoms with Gasteiger partial charge in [-0.1, -0.05) is 48.5 Å². The summed E-state index contributed by atoms with van der Waals surface area (Å²) in [6.45, 7) is 6.15. The molecule has 4 aromatic rings. The highest BCUT2D eigenvalue weighted by molar-refractivity contribution is 5.81. The lowest BCUT2D eigenvalue weighted by Gasteiger charge is -2.38. The number of fused-ring (bicyclic) bond motifs is 2. The highest BCUT2D eigenvalue weighted by Crippen LogP contribution is 2.36. The van der Waals surface area contributed by atoms with E-state index in [1.165, 1.54) is 40.3 Å². The fraction of sp³-hybridized carbons (Fsp3) is 0.308. The van der Waals surface area contributed by atoms with Crippen molar-refractivity contribution in [1.29, 1.82) is 0 Å². The van der Waals surface area contributed by atoms with Crippen molar-refractivity contribution < 1.29 is 0 Å². The summed E-state index contributed by atoms with van der Waals surface area (Å²) in [6, 6.07) is 21.3. The molecule has 2 aliphatic rings. The molecule has 3 heterocycles. The van der Waals surface area contributed by atoms with Crippen molar-refractivity contribution in [2.24, 2.45) is 0 Å². The van der Waals surface area contributed by atoms with Gasteiger partial charge in [0.15, 0.2) is 5.65 Å². The molecular formula is C26H27N5. The first-order chi connectivity index (χ1) is 15.3. The number of nitrogens with zero attached hydrogens (tertiary/aromatic N) is 5. The number of aryl methyl sites for hydroxylation is 2. The summed E-state index contributed by atoms with van der Waals surface area (Å²) in [7, 11) is 0. The monoisotopic (exact) mass is 409 g/mol. The minimum atomic E-state index is 1.00. The van der Waals surface area contributed by atoms with Crippen molar-refractivity contribution in [3.8, 4) is 11.1 Å². The van der Waals surface area contributed by atoms with E-state index < -0.39 is 0 Å². The molecule has 5 heteroatoms. The first-order valence-corrected chi connectivity index (χ1v) is 11.3. The van der Waals surface area contributed by atoms with Crippen LogP contribution in [-0.4, -0.2) is 40.8 Å². The van der Waals surface area contributed by atoms with Crippen molar-refractivity contribution in [2.45, 2.75) is 26.2 Å². The van der Waals surface area contributed by atoms with Crippen LogP contribution >= 0.6 is 0 Å². The molecule has 2 aromatic carbocycles. The molecule has 0 N–H and O–H groups in total. The number of hydrogen-bond acceptors (Lipinski definition) is 4. The largest absolute Gasteiger partial charge is 0.368 e. The fourth-order valence-corrected chi connectivity index (χ4v) is 5.20. The zero-order chi connectivity index (χ0) is 20.8. The van der Waals surface area contributed by atoms with Crippen LogP contribution in [0.4, 0.5) is 11.5 Å². The van der Waals surface area contributed by atoms with Gasteiger partial charge in [0.05, 0.1) is 5.69 Å². The number of aromatic nitrogens is 3. The molecular weight excluding hydrogens is 382 g/mol. The summed E-state index contributed by atoms with van der Waals surface area (Å²) in [6.07, 6.45) is 3.36. The minimum absolute atomic E-state index is 1.00. The second kappa shape index (κ2) is 7.41. The van der Waals surface area contributed by atoms with Crippen LogP contribution in [0, 0.1) is 6.92 Å². The van der Waals surface area contributed by atoms with E-state index >= 15 is 0 Å². The van der Waals surface area contributed by atoms with Gasteiger partial charge in [0.1, 0.15) is 5.82 Å². The molecule has 0 unspecified atom stereocenters. The molecule has 0 amide bonds. The highest BCUT2D eigenvalue weighted by atomic mass is 15.4. The van der Waals surface area contributed by atoms with E-state index in [2.05, 4.69) is 81.9 Å². The van der Waals surface area contributed by atoms with Crippen molar-refractivity contribution in [3.05, 3.63) is 77.6 Å². The summed E-state index contributed by atoms with van der Waals surface area (Å²) in [5, 5.41) is 5.02. The lowest BCUT2D eigenvalue weighted by Crippen LogP contribution is -2.47. The van der Waals surface area contributed by atoms with Gasteiger partial charge >= 0.3 is 0 Å². The van der Waals surface area contributed by atoms with E-state index in [1.54, 1.807) is 0 Å². The van der Waals surface area contributed by atoms with Crippen molar-refractivity contribution >= 4 is 17.2 Å². The van der Waals surface area contributed by atoms with E-state index in [1.807, 2.05) is 0 Å². The van der Waals surface area contributed by atoms with Crippen LogP contribution in [0.1, 0.15) is 23.4 Å². The summed E-state index contributed by atoms with van der Waals surface area (Å²) < 4.78 is 2.14. The maximum Gasteiger partial charge on any atom is 0.165 e. The standard InChI is InChI=1S/C26H27N5/c1-19-24(20-9-4-2-5-10-20)25-27-23-14-8-13-22(23)26(31(25)28-19)30-17-15-29(16-18-30)21-11-6-3-7-12-21/h2-7,9-12H,8,13-18H2,1H3. The summed E-state index contributed by atoms with van der Waals surface area (Å²) >= 11 is 0. The first kappa shape index (κ1) is 18.4. The van der Waals surface area contributed by atoms with Gasteiger partial charge in [-0.05, 0) is 43.9 Å². The SMILES string of the molecule is Cc1nn2c(N3CCN(c4ccccc4)CC3)c3c(nc2c1-c1ccccc1)CCC3. The molecule has 0 spiro atoms. The average molecular weight is 410 g/mol. The normalized spacial score (nSPS) is 16.2. The quantitative estimate of drug-likeness (QED) is 0.499. The number of para-hydroxylation sites is 1. The zero-order valence-corrected chi connectivity index (χ0v) is 18.0. The molecule has 6 rings (SSSR count). The lowest BCUT2D eigenvalue weighted by atomic mass is 10.1. The molecule has 1 fully saturated rings. The van der Waals surface area contributed by atoms with Gasteiger partial charge in [-0.2, -0.15) is 9.61 Å². The number of rotatable bonds is 3. The Kier molecular flexibility index (Phi) is 4.41.